The van der Waals surface area contributed by atoms with Crippen molar-refractivity contribution in [2.75, 3.05) is 0 Å². The minimum absolute atomic E-state index is 0.190. The van der Waals surface area contributed by atoms with Gasteiger partial charge in [0.25, 0.3) is 0 Å². The first kappa shape index (κ1) is 23.7. The minimum Gasteiger partial charge on any atom is -0.282 e. The van der Waals surface area contributed by atoms with E-state index in [0.717, 1.165) is 0 Å². The van der Waals surface area contributed by atoms with Crippen LogP contribution in [0, 0.1) is 0 Å². The number of hydrogen-bond acceptors (Lipinski definition) is 1. The summed E-state index contributed by atoms with van der Waals surface area (Å²) in [5, 5.41) is 10.9. The molecular weight excluding hydrogens is 460 g/mol. The van der Waals surface area contributed by atoms with Gasteiger partial charge in [0.2, 0.25) is 0 Å². The molecule has 1 nitrogen and oxygen atoms in total. The number of hydrogen-bond donors (Lipinski definition) is 1. The second-order valence-corrected chi connectivity index (χ2v) is 12.6. The van der Waals surface area contributed by atoms with Crippen molar-refractivity contribution in [2.45, 2.75) is 13.0 Å². The van der Waals surface area contributed by atoms with E-state index in [1.165, 1.54) is 32.1 Å². The monoisotopic (exact) mass is 489 g/mol. The predicted molar refractivity (Wildman–Crippen MR) is 156 cm³/mol. The topological polar surface area (TPSA) is 12.0 Å². The first-order chi connectivity index (χ1) is 17.3. The molecule has 5 rings (SSSR count). The SMILES string of the molecule is CC(NP(c1ccccc1)c1ccccc1)c1ccccc1P(c1ccccc1)c1ccccc1. The Hall–Kier alpha value is -3.08. The Balaban J connectivity index is 1.56. The van der Waals surface area contributed by atoms with Gasteiger partial charge in [-0.1, -0.05) is 146 Å². The summed E-state index contributed by atoms with van der Waals surface area (Å²) in [6.45, 7) is 2.31. The van der Waals surface area contributed by atoms with Gasteiger partial charge in [0.15, 0.2) is 0 Å². The lowest BCUT2D eigenvalue weighted by Gasteiger charge is -2.28. The Morgan fingerprint density at radius 3 is 1.29 bits per heavy atom. The van der Waals surface area contributed by atoms with Gasteiger partial charge in [0, 0.05) is 14.1 Å². The fraction of sp³-hybridized carbons (Fsp3) is 0.0625. The largest absolute Gasteiger partial charge is 0.282 e. The van der Waals surface area contributed by atoms with Gasteiger partial charge in [-0.3, -0.25) is 5.09 Å². The van der Waals surface area contributed by atoms with E-state index >= 15 is 0 Å². The average Bonchev–Trinajstić information content (AvgIpc) is 2.94. The van der Waals surface area contributed by atoms with E-state index in [0.29, 0.717) is 0 Å². The summed E-state index contributed by atoms with van der Waals surface area (Å²) in [6.07, 6.45) is 0. The molecule has 0 spiro atoms. The lowest BCUT2D eigenvalue weighted by atomic mass is 10.1. The van der Waals surface area contributed by atoms with Crippen LogP contribution >= 0.6 is 16.0 Å². The van der Waals surface area contributed by atoms with Gasteiger partial charge in [-0.2, -0.15) is 0 Å². The van der Waals surface area contributed by atoms with Crippen LogP contribution in [0.1, 0.15) is 18.5 Å². The van der Waals surface area contributed by atoms with Crippen LogP contribution in [0.2, 0.25) is 0 Å². The summed E-state index contributed by atoms with van der Waals surface area (Å²) in [5.41, 5.74) is 1.37. The standard InChI is InChI=1S/C32H29NP2/c1-26(33-35(29-20-10-4-11-21-29)30-22-12-5-13-23-30)31-24-14-15-25-32(31)34(27-16-6-2-7-17-27)28-18-8-3-9-19-28/h2-26,33H,1H3. The van der Waals surface area contributed by atoms with Crippen molar-refractivity contribution >= 4 is 42.5 Å². The van der Waals surface area contributed by atoms with E-state index in [4.69, 9.17) is 0 Å². The molecule has 0 saturated carbocycles. The first-order valence-corrected chi connectivity index (χ1v) is 14.6. The average molecular weight is 490 g/mol. The Bertz CT molecular complexity index is 1250. The Kier molecular flexibility index (Phi) is 7.82. The Labute approximate surface area is 211 Å². The normalized spacial score (nSPS) is 12.1. The van der Waals surface area contributed by atoms with E-state index in [1.54, 1.807) is 0 Å². The summed E-state index contributed by atoms with van der Waals surface area (Å²) in [5.74, 6) is 0. The van der Waals surface area contributed by atoms with Crippen molar-refractivity contribution in [3.05, 3.63) is 151 Å². The van der Waals surface area contributed by atoms with Crippen LogP contribution in [0.15, 0.2) is 146 Å². The Morgan fingerprint density at radius 2 is 0.829 bits per heavy atom. The van der Waals surface area contributed by atoms with E-state index in [1.807, 2.05) is 0 Å². The zero-order chi connectivity index (χ0) is 23.9. The minimum atomic E-state index is -0.697. The molecule has 0 aromatic heterocycles. The van der Waals surface area contributed by atoms with Crippen LogP contribution in [0.4, 0.5) is 0 Å². The molecule has 0 fully saturated rings. The number of rotatable bonds is 8. The van der Waals surface area contributed by atoms with Crippen molar-refractivity contribution < 1.29 is 0 Å². The second-order valence-electron chi connectivity index (χ2n) is 8.42. The van der Waals surface area contributed by atoms with Crippen LogP contribution in [0.3, 0.4) is 0 Å². The molecule has 35 heavy (non-hydrogen) atoms. The van der Waals surface area contributed by atoms with Gasteiger partial charge < -0.3 is 0 Å². The van der Waals surface area contributed by atoms with Crippen LogP contribution in [-0.2, 0) is 0 Å². The van der Waals surface area contributed by atoms with E-state index < -0.39 is 16.0 Å². The highest BCUT2D eigenvalue weighted by Gasteiger charge is 2.24. The van der Waals surface area contributed by atoms with Gasteiger partial charge in [0.05, 0.1) is 0 Å². The van der Waals surface area contributed by atoms with E-state index in [-0.39, 0.29) is 6.04 Å². The molecule has 0 amide bonds. The fourth-order valence-corrected chi connectivity index (χ4v) is 8.97. The van der Waals surface area contributed by atoms with Gasteiger partial charge in [-0.25, -0.2) is 0 Å². The molecule has 0 radical (unpaired) electrons. The summed E-state index contributed by atoms with van der Waals surface area (Å²) in [4.78, 5) is 0. The smallest absolute Gasteiger partial charge is 0.0340 e. The maximum Gasteiger partial charge on any atom is 0.0340 e. The molecule has 0 heterocycles. The molecule has 1 unspecified atom stereocenters. The third-order valence-corrected chi connectivity index (χ3v) is 10.8. The molecule has 0 aliphatic heterocycles. The molecule has 5 aromatic carbocycles. The molecule has 1 N–H and O–H groups in total. The highest BCUT2D eigenvalue weighted by Crippen LogP contribution is 2.38. The maximum absolute atomic E-state index is 4.04. The molecule has 0 aliphatic rings. The van der Waals surface area contributed by atoms with Crippen molar-refractivity contribution in [1.29, 1.82) is 0 Å². The quantitative estimate of drug-likeness (QED) is 0.258. The molecule has 0 saturated heterocycles. The van der Waals surface area contributed by atoms with E-state index in [9.17, 15) is 0 Å². The zero-order valence-corrected chi connectivity index (χ0v) is 21.6. The molecule has 1 atom stereocenters. The highest BCUT2D eigenvalue weighted by atomic mass is 31.1. The summed E-state index contributed by atoms with van der Waals surface area (Å²) in [6, 6.07) is 52.8. The number of benzene rings is 5. The lowest BCUT2D eigenvalue weighted by molar-refractivity contribution is 0.753. The van der Waals surface area contributed by atoms with Crippen molar-refractivity contribution in [3.8, 4) is 0 Å². The maximum atomic E-state index is 4.04. The van der Waals surface area contributed by atoms with Gasteiger partial charge in [-0.15, -0.1) is 0 Å². The summed E-state index contributed by atoms with van der Waals surface area (Å²) in [7, 11) is -1.36. The van der Waals surface area contributed by atoms with Gasteiger partial charge >= 0.3 is 0 Å². The van der Waals surface area contributed by atoms with Gasteiger partial charge in [0.1, 0.15) is 0 Å². The third-order valence-electron chi connectivity index (χ3n) is 6.02. The summed E-state index contributed by atoms with van der Waals surface area (Å²) >= 11 is 0. The van der Waals surface area contributed by atoms with Crippen molar-refractivity contribution in [3.63, 3.8) is 0 Å². The molecule has 0 aliphatic carbocycles. The molecule has 0 bridgehead atoms. The van der Waals surface area contributed by atoms with Crippen LogP contribution in [0.5, 0.6) is 0 Å². The van der Waals surface area contributed by atoms with Crippen molar-refractivity contribution in [1.82, 2.24) is 5.09 Å². The van der Waals surface area contributed by atoms with Crippen LogP contribution in [0.25, 0.3) is 0 Å². The summed E-state index contributed by atoms with van der Waals surface area (Å²) < 4.78 is 0. The molecule has 172 valence electrons. The van der Waals surface area contributed by atoms with E-state index in [2.05, 4.69) is 158 Å². The lowest BCUT2D eigenvalue weighted by Crippen LogP contribution is -2.30. The van der Waals surface area contributed by atoms with Crippen LogP contribution < -0.4 is 31.6 Å². The third kappa shape index (κ3) is 5.61. The molecule has 3 heteroatoms. The predicted octanol–water partition coefficient (Wildman–Crippen LogP) is 6.14. The molecular formula is C32H29NP2. The second kappa shape index (κ2) is 11.6. The highest BCUT2D eigenvalue weighted by molar-refractivity contribution is 7.80. The Morgan fingerprint density at radius 1 is 0.457 bits per heavy atom. The fourth-order valence-electron chi connectivity index (χ4n) is 4.35. The zero-order valence-electron chi connectivity index (χ0n) is 19.8. The van der Waals surface area contributed by atoms with Crippen LogP contribution in [-0.4, -0.2) is 0 Å². The molecule has 5 aromatic rings. The van der Waals surface area contributed by atoms with Gasteiger partial charge in [-0.05, 0) is 46.9 Å². The van der Waals surface area contributed by atoms with Crippen molar-refractivity contribution in [2.24, 2.45) is 0 Å². The number of nitrogens with one attached hydrogen (secondary N) is 1. The first-order valence-electron chi connectivity index (χ1n) is 12.0.